The quantitative estimate of drug-likeness (QED) is 0.713. The summed E-state index contributed by atoms with van der Waals surface area (Å²) in [5.74, 6) is -1.04. The van der Waals surface area contributed by atoms with Crippen molar-refractivity contribution in [1.29, 1.82) is 0 Å². The van der Waals surface area contributed by atoms with E-state index in [9.17, 15) is 17.6 Å². The average molecular weight is 236 g/mol. The second kappa shape index (κ2) is 4.72. The number of benzene rings is 1. The molecule has 0 radical (unpaired) electrons. The van der Waals surface area contributed by atoms with Crippen LogP contribution in [0.4, 0.5) is 17.6 Å². The Morgan fingerprint density at radius 2 is 1.94 bits per heavy atom. The molecule has 0 aliphatic carbocycles. The van der Waals surface area contributed by atoms with Crippen LogP contribution in [0.2, 0.25) is 0 Å². The van der Waals surface area contributed by atoms with Crippen molar-refractivity contribution in [3.05, 3.63) is 29.6 Å². The summed E-state index contributed by atoms with van der Waals surface area (Å²) in [6, 6.07) is 3.05. The van der Waals surface area contributed by atoms with Gasteiger partial charge in [0, 0.05) is 0 Å². The fraction of sp³-hybridized carbons (Fsp3) is 0.455. The summed E-state index contributed by atoms with van der Waals surface area (Å²) in [6.07, 6.45) is -4.10. The van der Waals surface area contributed by atoms with Crippen LogP contribution in [-0.2, 0) is 0 Å². The van der Waals surface area contributed by atoms with Gasteiger partial charge in [-0.15, -0.1) is 13.2 Å². The second-order valence-corrected chi connectivity index (χ2v) is 3.54. The van der Waals surface area contributed by atoms with Gasteiger partial charge in [-0.25, -0.2) is 4.39 Å². The predicted molar refractivity (Wildman–Crippen MR) is 51.8 cm³/mol. The standard InChI is InChI=1S/C11H12F4O/c1-3-7(2)9-6-8(4-5-10(9)12)16-11(13,14)15/h4-7H,3H2,1-2H3. The fourth-order valence-corrected chi connectivity index (χ4v) is 1.32. The molecule has 0 bridgehead atoms. The van der Waals surface area contributed by atoms with Gasteiger partial charge >= 0.3 is 6.36 Å². The van der Waals surface area contributed by atoms with E-state index in [1.807, 2.05) is 6.92 Å². The zero-order valence-corrected chi connectivity index (χ0v) is 8.94. The molecule has 16 heavy (non-hydrogen) atoms. The van der Waals surface area contributed by atoms with Gasteiger partial charge in [0.15, 0.2) is 0 Å². The normalized spacial score (nSPS) is 13.6. The Bertz CT molecular complexity index is 359. The molecule has 0 saturated carbocycles. The number of hydrogen-bond acceptors (Lipinski definition) is 1. The van der Waals surface area contributed by atoms with Gasteiger partial charge in [-0.05, 0) is 36.1 Å². The van der Waals surface area contributed by atoms with E-state index >= 15 is 0 Å². The maximum Gasteiger partial charge on any atom is 0.573 e. The third kappa shape index (κ3) is 3.40. The SMILES string of the molecule is CCC(C)c1cc(OC(F)(F)F)ccc1F. The number of alkyl halides is 3. The zero-order chi connectivity index (χ0) is 12.3. The van der Waals surface area contributed by atoms with Gasteiger partial charge in [-0.2, -0.15) is 0 Å². The van der Waals surface area contributed by atoms with Crippen LogP contribution >= 0.6 is 0 Å². The minimum atomic E-state index is -4.75. The Morgan fingerprint density at radius 3 is 2.44 bits per heavy atom. The lowest BCUT2D eigenvalue weighted by Crippen LogP contribution is -2.17. The van der Waals surface area contributed by atoms with Crippen LogP contribution in [0.5, 0.6) is 5.75 Å². The Labute approximate surface area is 91.0 Å². The Morgan fingerprint density at radius 1 is 1.31 bits per heavy atom. The average Bonchev–Trinajstić information content (AvgIpc) is 2.18. The van der Waals surface area contributed by atoms with Crippen molar-refractivity contribution in [3.63, 3.8) is 0 Å². The molecule has 1 unspecified atom stereocenters. The predicted octanol–water partition coefficient (Wildman–Crippen LogP) is 4.24. The van der Waals surface area contributed by atoms with Crippen molar-refractivity contribution in [3.8, 4) is 5.75 Å². The summed E-state index contributed by atoms with van der Waals surface area (Å²) in [4.78, 5) is 0. The van der Waals surface area contributed by atoms with Gasteiger partial charge in [-0.1, -0.05) is 13.8 Å². The van der Waals surface area contributed by atoms with Crippen LogP contribution in [0, 0.1) is 5.82 Å². The maximum absolute atomic E-state index is 13.3. The van der Waals surface area contributed by atoms with Crippen LogP contribution in [0.15, 0.2) is 18.2 Å². The lowest BCUT2D eigenvalue weighted by molar-refractivity contribution is -0.274. The third-order valence-corrected chi connectivity index (χ3v) is 2.34. The molecule has 1 atom stereocenters. The third-order valence-electron chi connectivity index (χ3n) is 2.34. The van der Waals surface area contributed by atoms with Gasteiger partial charge < -0.3 is 4.74 Å². The molecule has 0 amide bonds. The molecule has 5 heteroatoms. The summed E-state index contributed by atoms with van der Waals surface area (Å²) >= 11 is 0. The van der Waals surface area contributed by atoms with E-state index in [0.29, 0.717) is 6.42 Å². The Hall–Kier alpha value is -1.26. The van der Waals surface area contributed by atoms with Crippen LogP contribution in [-0.4, -0.2) is 6.36 Å². The largest absolute Gasteiger partial charge is 0.573 e. The number of rotatable bonds is 3. The van der Waals surface area contributed by atoms with Crippen molar-refractivity contribution in [2.75, 3.05) is 0 Å². The van der Waals surface area contributed by atoms with Crippen LogP contribution in [0.25, 0.3) is 0 Å². The highest BCUT2D eigenvalue weighted by Gasteiger charge is 2.31. The minimum absolute atomic E-state index is 0.142. The molecule has 0 N–H and O–H groups in total. The van der Waals surface area contributed by atoms with Gasteiger partial charge in [0.1, 0.15) is 11.6 Å². The maximum atomic E-state index is 13.3. The second-order valence-electron chi connectivity index (χ2n) is 3.54. The van der Waals surface area contributed by atoms with Crippen LogP contribution < -0.4 is 4.74 Å². The highest BCUT2D eigenvalue weighted by atomic mass is 19.4. The van der Waals surface area contributed by atoms with E-state index in [2.05, 4.69) is 4.74 Å². The Balaban J connectivity index is 2.98. The summed E-state index contributed by atoms with van der Waals surface area (Å²) in [5, 5.41) is 0. The lowest BCUT2D eigenvalue weighted by atomic mass is 9.98. The summed E-state index contributed by atoms with van der Waals surface area (Å²) in [7, 11) is 0. The van der Waals surface area contributed by atoms with Gasteiger partial charge in [0.25, 0.3) is 0 Å². The molecule has 0 aromatic heterocycles. The van der Waals surface area contributed by atoms with E-state index in [-0.39, 0.29) is 17.2 Å². The van der Waals surface area contributed by atoms with Crippen LogP contribution in [0.1, 0.15) is 31.7 Å². The topological polar surface area (TPSA) is 9.23 Å². The smallest absolute Gasteiger partial charge is 0.406 e. The molecule has 1 aromatic carbocycles. The molecule has 0 fully saturated rings. The van der Waals surface area contributed by atoms with Crippen molar-refractivity contribution >= 4 is 0 Å². The molecule has 90 valence electrons. The number of halogens is 4. The minimum Gasteiger partial charge on any atom is -0.406 e. The summed E-state index contributed by atoms with van der Waals surface area (Å²) < 4.78 is 52.9. The summed E-state index contributed by atoms with van der Waals surface area (Å²) in [6.45, 7) is 3.58. The highest BCUT2D eigenvalue weighted by Crippen LogP contribution is 2.29. The molecule has 0 aliphatic heterocycles. The van der Waals surface area contributed by atoms with Gasteiger partial charge in [0.2, 0.25) is 0 Å². The van der Waals surface area contributed by atoms with E-state index < -0.39 is 12.2 Å². The number of ether oxygens (including phenoxy) is 1. The molecule has 1 nitrogen and oxygen atoms in total. The zero-order valence-electron chi connectivity index (χ0n) is 8.94. The van der Waals surface area contributed by atoms with Gasteiger partial charge in [0.05, 0.1) is 0 Å². The van der Waals surface area contributed by atoms with Crippen LogP contribution in [0.3, 0.4) is 0 Å². The molecule has 1 rings (SSSR count). The van der Waals surface area contributed by atoms with Crippen molar-refractivity contribution in [2.24, 2.45) is 0 Å². The van der Waals surface area contributed by atoms with Gasteiger partial charge in [-0.3, -0.25) is 0 Å². The molecule has 0 saturated heterocycles. The van der Waals surface area contributed by atoms with Crippen molar-refractivity contribution in [1.82, 2.24) is 0 Å². The molecule has 1 aromatic rings. The van der Waals surface area contributed by atoms with Crippen molar-refractivity contribution < 1.29 is 22.3 Å². The molecular weight excluding hydrogens is 224 g/mol. The number of hydrogen-bond donors (Lipinski definition) is 0. The van der Waals surface area contributed by atoms with E-state index in [0.717, 1.165) is 18.2 Å². The van der Waals surface area contributed by atoms with Crippen molar-refractivity contribution in [2.45, 2.75) is 32.5 Å². The van der Waals surface area contributed by atoms with E-state index in [1.54, 1.807) is 6.92 Å². The molecule has 0 heterocycles. The monoisotopic (exact) mass is 236 g/mol. The highest BCUT2D eigenvalue weighted by molar-refractivity contribution is 5.32. The molecule has 0 spiro atoms. The Kier molecular flexibility index (Phi) is 3.78. The lowest BCUT2D eigenvalue weighted by Gasteiger charge is -2.13. The molecule has 0 aliphatic rings. The summed E-state index contributed by atoms with van der Waals surface area (Å²) in [5.41, 5.74) is 0.240. The first-order chi connectivity index (χ1) is 7.33. The fourth-order valence-electron chi connectivity index (χ4n) is 1.32. The van der Waals surface area contributed by atoms with E-state index in [4.69, 9.17) is 0 Å². The molecular formula is C11H12F4O. The first kappa shape index (κ1) is 12.8. The first-order valence-electron chi connectivity index (χ1n) is 4.88. The van der Waals surface area contributed by atoms with E-state index in [1.165, 1.54) is 0 Å². The first-order valence-corrected chi connectivity index (χ1v) is 4.88.